The molecule has 0 atom stereocenters. The molecule has 0 unspecified atom stereocenters. The van der Waals surface area contributed by atoms with Crippen LogP contribution in [0.15, 0.2) is 36.7 Å². The predicted octanol–water partition coefficient (Wildman–Crippen LogP) is 2.41. The average molecular weight is 405 g/mol. The van der Waals surface area contributed by atoms with Gasteiger partial charge in [0.15, 0.2) is 0 Å². The third-order valence-corrected chi connectivity index (χ3v) is 5.36. The molecule has 0 bridgehead atoms. The Morgan fingerprint density at radius 3 is 2.68 bits per heavy atom. The van der Waals surface area contributed by atoms with Gasteiger partial charge in [-0.05, 0) is 43.5 Å². The number of likely N-dealkylation sites (tertiary alicyclic amines) is 1. The van der Waals surface area contributed by atoms with Gasteiger partial charge < -0.3 is 15.4 Å². The number of primary amides is 1. The van der Waals surface area contributed by atoms with Gasteiger partial charge in [0, 0.05) is 36.1 Å². The highest BCUT2D eigenvalue weighted by molar-refractivity contribution is 6.30. The van der Waals surface area contributed by atoms with E-state index in [1.54, 1.807) is 23.0 Å². The molecule has 1 saturated heterocycles. The Morgan fingerprint density at radius 2 is 2.07 bits per heavy atom. The first-order valence-corrected chi connectivity index (χ1v) is 9.67. The highest BCUT2D eigenvalue weighted by atomic mass is 35.5. The van der Waals surface area contributed by atoms with Crippen molar-refractivity contribution in [3.8, 4) is 5.75 Å². The molecule has 0 spiro atoms. The van der Waals surface area contributed by atoms with Gasteiger partial charge in [0.05, 0.1) is 12.8 Å². The molecule has 28 heavy (non-hydrogen) atoms. The molecule has 0 radical (unpaired) electrons. The summed E-state index contributed by atoms with van der Waals surface area (Å²) in [4.78, 5) is 26.0. The molecule has 1 aliphatic heterocycles. The fraction of sp³-hybridized carbons (Fsp3) is 0.450. The number of carbonyl (C=O) groups is 2. The minimum atomic E-state index is -0.382. The highest BCUT2D eigenvalue weighted by Gasteiger charge is 2.38. The van der Waals surface area contributed by atoms with Crippen LogP contribution in [0, 0.1) is 12.3 Å². The van der Waals surface area contributed by atoms with Crippen LogP contribution in [0.4, 0.5) is 0 Å². The predicted molar refractivity (Wildman–Crippen MR) is 106 cm³/mol. The van der Waals surface area contributed by atoms with Gasteiger partial charge in [0.25, 0.3) is 0 Å². The molecule has 1 aliphatic rings. The van der Waals surface area contributed by atoms with Crippen molar-refractivity contribution in [2.45, 2.75) is 32.7 Å². The summed E-state index contributed by atoms with van der Waals surface area (Å²) in [7, 11) is 0. The lowest BCUT2D eigenvalue weighted by Gasteiger charge is -2.41. The number of ether oxygens (including phenoxy) is 1. The summed E-state index contributed by atoms with van der Waals surface area (Å²) in [6.45, 7) is 3.63. The second-order valence-corrected chi connectivity index (χ2v) is 7.92. The van der Waals surface area contributed by atoms with Crippen LogP contribution in [-0.4, -0.2) is 46.2 Å². The number of amides is 2. The van der Waals surface area contributed by atoms with Gasteiger partial charge in [0.2, 0.25) is 11.8 Å². The molecule has 3 rings (SSSR count). The number of hydrogen-bond acceptors (Lipinski definition) is 4. The van der Waals surface area contributed by atoms with Gasteiger partial charge in [-0.25, -0.2) is 0 Å². The van der Waals surface area contributed by atoms with E-state index in [2.05, 4.69) is 5.10 Å². The van der Waals surface area contributed by atoms with E-state index in [4.69, 9.17) is 22.1 Å². The first-order chi connectivity index (χ1) is 13.3. The summed E-state index contributed by atoms with van der Waals surface area (Å²) in [5.74, 6) is 0.317. The Morgan fingerprint density at radius 1 is 1.32 bits per heavy atom. The van der Waals surface area contributed by atoms with E-state index in [9.17, 15) is 9.59 Å². The van der Waals surface area contributed by atoms with Crippen molar-refractivity contribution in [1.82, 2.24) is 14.7 Å². The minimum absolute atomic E-state index is 0.0199. The quantitative estimate of drug-likeness (QED) is 0.767. The third-order valence-electron chi connectivity index (χ3n) is 5.13. The number of aryl methyl sites for hydroxylation is 1. The van der Waals surface area contributed by atoms with Crippen molar-refractivity contribution in [2.75, 3.05) is 19.7 Å². The summed E-state index contributed by atoms with van der Waals surface area (Å²) >= 11 is 6.00. The zero-order valence-corrected chi connectivity index (χ0v) is 16.7. The molecule has 0 saturated carbocycles. The van der Waals surface area contributed by atoms with Gasteiger partial charge >= 0.3 is 0 Å². The Hall–Kier alpha value is -2.54. The topological polar surface area (TPSA) is 90.4 Å². The average Bonchev–Trinajstić information content (AvgIpc) is 3.05. The summed E-state index contributed by atoms with van der Waals surface area (Å²) in [5, 5.41) is 4.76. The molecule has 2 amide bonds. The van der Waals surface area contributed by atoms with Crippen LogP contribution in [0.2, 0.25) is 5.02 Å². The molecule has 2 heterocycles. The SMILES string of the molecule is Cc1cnn(CC(=O)N2CCC(COc3cccc(Cl)c3)(CC(N)=O)CC2)c1. The number of hydrogen-bond donors (Lipinski definition) is 1. The number of halogens is 1. The van der Waals surface area contributed by atoms with Crippen molar-refractivity contribution >= 4 is 23.4 Å². The van der Waals surface area contributed by atoms with Crippen molar-refractivity contribution in [1.29, 1.82) is 0 Å². The van der Waals surface area contributed by atoms with Crippen LogP contribution in [0.1, 0.15) is 24.8 Å². The number of rotatable bonds is 7. The van der Waals surface area contributed by atoms with E-state index in [1.165, 1.54) is 0 Å². The zero-order valence-electron chi connectivity index (χ0n) is 15.9. The summed E-state index contributed by atoms with van der Waals surface area (Å²) in [6.07, 6.45) is 5.11. The van der Waals surface area contributed by atoms with Gasteiger partial charge in [-0.15, -0.1) is 0 Å². The van der Waals surface area contributed by atoms with Crippen LogP contribution >= 0.6 is 11.6 Å². The second-order valence-electron chi connectivity index (χ2n) is 7.49. The minimum Gasteiger partial charge on any atom is -0.493 e. The van der Waals surface area contributed by atoms with Crippen LogP contribution in [0.5, 0.6) is 5.75 Å². The Labute approximate surface area is 169 Å². The van der Waals surface area contributed by atoms with E-state index >= 15 is 0 Å². The summed E-state index contributed by atoms with van der Waals surface area (Å²) in [6, 6.07) is 7.16. The van der Waals surface area contributed by atoms with Gasteiger partial charge in [-0.2, -0.15) is 5.10 Å². The van der Waals surface area contributed by atoms with Crippen LogP contribution in [-0.2, 0) is 16.1 Å². The second kappa shape index (κ2) is 8.65. The molecule has 7 nitrogen and oxygen atoms in total. The Bertz CT molecular complexity index is 843. The number of nitrogens with two attached hydrogens (primary N) is 1. The molecule has 2 aromatic rings. The summed E-state index contributed by atoms with van der Waals surface area (Å²) in [5.41, 5.74) is 6.13. The fourth-order valence-electron chi connectivity index (χ4n) is 3.56. The molecule has 0 aliphatic carbocycles. The lowest BCUT2D eigenvalue weighted by molar-refractivity contribution is -0.135. The molecule has 8 heteroatoms. The van der Waals surface area contributed by atoms with Crippen LogP contribution in [0.25, 0.3) is 0 Å². The molecule has 150 valence electrons. The smallest absolute Gasteiger partial charge is 0.244 e. The third kappa shape index (κ3) is 5.25. The lowest BCUT2D eigenvalue weighted by atomic mass is 9.76. The van der Waals surface area contributed by atoms with Gasteiger partial charge in [0.1, 0.15) is 12.3 Å². The van der Waals surface area contributed by atoms with E-state index < -0.39 is 0 Å². The van der Waals surface area contributed by atoms with Gasteiger partial charge in [-0.3, -0.25) is 14.3 Å². The van der Waals surface area contributed by atoms with Crippen molar-refractivity contribution in [3.05, 3.63) is 47.2 Å². The van der Waals surface area contributed by atoms with Gasteiger partial charge in [-0.1, -0.05) is 17.7 Å². The first kappa shape index (κ1) is 20.2. The molecular formula is C20H25ClN4O3. The van der Waals surface area contributed by atoms with Crippen LogP contribution in [0.3, 0.4) is 0 Å². The summed E-state index contributed by atoms with van der Waals surface area (Å²) < 4.78 is 7.56. The molecular weight excluding hydrogens is 380 g/mol. The van der Waals surface area contributed by atoms with E-state index in [-0.39, 0.29) is 30.2 Å². The largest absolute Gasteiger partial charge is 0.493 e. The maximum absolute atomic E-state index is 12.6. The van der Waals surface area contributed by atoms with Crippen molar-refractivity contribution in [2.24, 2.45) is 11.1 Å². The highest BCUT2D eigenvalue weighted by Crippen LogP contribution is 2.36. The molecule has 2 N–H and O–H groups in total. The molecule has 1 aromatic heterocycles. The first-order valence-electron chi connectivity index (χ1n) is 9.29. The van der Waals surface area contributed by atoms with E-state index in [1.807, 2.05) is 30.2 Å². The number of carbonyl (C=O) groups excluding carboxylic acids is 2. The van der Waals surface area contributed by atoms with Crippen molar-refractivity contribution in [3.63, 3.8) is 0 Å². The van der Waals surface area contributed by atoms with Crippen LogP contribution < -0.4 is 10.5 Å². The van der Waals surface area contributed by atoms with E-state index in [0.29, 0.717) is 43.3 Å². The monoisotopic (exact) mass is 404 g/mol. The Kier molecular flexibility index (Phi) is 6.24. The number of piperidine rings is 1. The lowest BCUT2D eigenvalue weighted by Crippen LogP contribution is -2.47. The molecule has 1 aromatic carbocycles. The fourth-order valence-corrected chi connectivity index (χ4v) is 3.74. The number of benzene rings is 1. The Balaban J connectivity index is 1.60. The molecule has 1 fully saturated rings. The maximum atomic E-state index is 12.6. The van der Waals surface area contributed by atoms with Crippen molar-refractivity contribution < 1.29 is 14.3 Å². The maximum Gasteiger partial charge on any atom is 0.244 e. The zero-order chi connectivity index (χ0) is 20.1. The standard InChI is InChI=1S/C20H25ClN4O3/c1-15-11-23-25(12-15)13-19(27)24-7-5-20(6-8-24,10-18(22)26)14-28-17-4-2-3-16(21)9-17/h2-4,9,11-12H,5-8,10,13-14H2,1H3,(H2,22,26). The number of aromatic nitrogens is 2. The number of nitrogens with zero attached hydrogens (tertiary/aromatic N) is 3. The normalized spacial score (nSPS) is 16.0. The van der Waals surface area contributed by atoms with E-state index in [0.717, 1.165) is 5.56 Å².